The molecule has 5 atom stereocenters. The highest BCUT2D eigenvalue weighted by Crippen LogP contribution is 2.34. The Morgan fingerprint density at radius 3 is 2.64 bits per heavy atom. The Bertz CT molecular complexity index is 1180. The Kier molecular flexibility index (Phi) is 14.2. The van der Waals surface area contributed by atoms with Gasteiger partial charge >= 0.3 is 12.1 Å². The number of methoxy groups -OCH3 is 1. The van der Waals surface area contributed by atoms with Gasteiger partial charge in [0.05, 0.1) is 32.0 Å². The predicted octanol–water partition coefficient (Wildman–Crippen LogP) is 5.26. The van der Waals surface area contributed by atoms with Crippen LogP contribution < -0.4 is 10.6 Å². The zero-order valence-corrected chi connectivity index (χ0v) is 27.0. The second-order valence-electron chi connectivity index (χ2n) is 12.3. The van der Waals surface area contributed by atoms with E-state index in [0.29, 0.717) is 43.3 Å². The number of pyridine rings is 1. The monoisotopic (exact) mass is 644 g/mol. The number of alkyl carbamates (subject to hydrolysis) is 1. The minimum absolute atomic E-state index is 0.00762. The van der Waals surface area contributed by atoms with Gasteiger partial charge in [-0.3, -0.25) is 4.98 Å². The summed E-state index contributed by atoms with van der Waals surface area (Å²) >= 11 is 6.33. The summed E-state index contributed by atoms with van der Waals surface area (Å²) in [6.45, 7) is 1.59. The first kappa shape index (κ1) is 34.9. The first-order valence-corrected chi connectivity index (χ1v) is 16.7. The highest BCUT2D eigenvalue weighted by atomic mass is 35.5. The number of nitrogens with zero attached hydrogens (tertiary/aromatic N) is 2. The van der Waals surface area contributed by atoms with Gasteiger partial charge in [0.15, 0.2) is 0 Å². The summed E-state index contributed by atoms with van der Waals surface area (Å²) in [5.41, 5.74) is 1.77. The molecule has 4 rings (SSSR count). The Balaban J connectivity index is 1.42. The topological polar surface area (TPSA) is 133 Å². The number of urea groups is 1. The molecule has 45 heavy (non-hydrogen) atoms. The van der Waals surface area contributed by atoms with E-state index in [-0.39, 0.29) is 31.2 Å². The standard InChI is InChI=1S/C34H49ClN4O6/c1-44-34(43)37-18-20-45-32(25-11-7-13-27(35)22-25)26-12-8-19-39(23-26)33(42)38-29(21-24-9-3-2-4-10-24)31(41)30(40)16-15-28-14-5-6-17-36-28/h5-7,11,13-14,17,22,24,26,29-32,40-41H,2-4,8-10,12,15-16,18-21,23H2,1H3,(H,37,43)(H,38,42)/t26-,29+,30+,31-,32+/m1/s1. The van der Waals surface area contributed by atoms with E-state index in [4.69, 9.17) is 16.3 Å². The largest absolute Gasteiger partial charge is 0.453 e. The van der Waals surface area contributed by atoms with Crippen molar-refractivity contribution >= 4 is 23.7 Å². The van der Waals surface area contributed by atoms with Crippen LogP contribution >= 0.6 is 11.6 Å². The van der Waals surface area contributed by atoms with Crippen LogP contribution in [0.1, 0.15) is 75.1 Å². The number of carbonyl (C=O) groups excluding carboxylic acids is 2. The number of rotatable bonds is 14. The normalized spacial score (nSPS) is 20.1. The summed E-state index contributed by atoms with van der Waals surface area (Å²) in [7, 11) is 1.31. The van der Waals surface area contributed by atoms with E-state index in [9.17, 15) is 19.8 Å². The molecule has 10 nitrogen and oxygen atoms in total. The minimum Gasteiger partial charge on any atom is -0.453 e. The van der Waals surface area contributed by atoms with Crippen LogP contribution in [0, 0.1) is 11.8 Å². The number of nitrogens with one attached hydrogen (secondary N) is 2. The number of halogens is 1. The molecule has 1 aromatic carbocycles. The number of aryl methyl sites for hydroxylation is 1. The maximum Gasteiger partial charge on any atom is 0.406 e. The van der Waals surface area contributed by atoms with Gasteiger partial charge in [0.25, 0.3) is 0 Å². The van der Waals surface area contributed by atoms with Crippen molar-refractivity contribution in [2.45, 2.75) is 88.6 Å². The van der Waals surface area contributed by atoms with Crippen molar-refractivity contribution in [3.8, 4) is 0 Å². The van der Waals surface area contributed by atoms with E-state index in [1.54, 1.807) is 11.1 Å². The summed E-state index contributed by atoms with van der Waals surface area (Å²) in [5, 5.41) is 28.7. The summed E-state index contributed by atoms with van der Waals surface area (Å²) in [4.78, 5) is 31.4. The van der Waals surface area contributed by atoms with Crippen molar-refractivity contribution in [1.29, 1.82) is 0 Å². The maximum atomic E-state index is 13.8. The zero-order chi connectivity index (χ0) is 32.0. The van der Waals surface area contributed by atoms with E-state index >= 15 is 0 Å². The van der Waals surface area contributed by atoms with Gasteiger partial charge in [0.2, 0.25) is 0 Å². The van der Waals surface area contributed by atoms with E-state index < -0.39 is 24.3 Å². The number of likely N-dealkylation sites (tertiary alicyclic amines) is 1. The Hall–Kier alpha value is -2.92. The van der Waals surface area contributed by atoms with Gasteiger partial charge < -0.3 is 35.2 Å². The number of benzene rings is 1. The van der Waals surface area contributed by atoms with Crippen molar-refractivity contribution in [2.24, 2.45) is 11.8 Å². The fourth-order valence-corrected chi connectivity index (χ4v) is 6.84. The van der Waals surface area contributed by atoms with Crippen LogP contribution in [0.2, 0.25) is 5.02 Å². The molecule has 1 aromatic heterocycles. The molecule has 3 amide bonds. The lowest BCUT2D eigenvalue weighted by atomic mass is 9.82. The maximum absolute atomic E-state index is 13.8. The average molecular weight is 645 g/mol. The Morgan fingerprint density at radius 1 is 1.09 bits per heavy atom. The number of ether oxygens (including phenoxy) is 2. The lowest BCUT2D eigenvalue weighted by molar-refractivity contribution is -0.0173. The molecule has 248 valence electrons. The summed E-state index contributed by atoms with van der Waals surface area (Å²) in [5.74, 6) is 0.391. The molecule has 2 aromatic rings. The lowest BCUT2D eigenvalue weighted by Gasteiger charge is -2.39. The first-order valence-electron chi connectivity index (χ1n) is 16.3. The fourth-order valence-electron chi connectivity index (χ4n) is 6.64. The van der Waals surface area contributed by atoms with Crippen molar-refractivity contribution in [3.05, 3.63) is 64.9 Å². The predicted molar refractivity (Wildman–Crippen MR) is 173 cm³/mol. The summed E-state index contributed by atoms with van der Waals surface area (Å²) in [6, 6.07) is 12.4. The third kappa shape index (κ3) is 11.1. The van der Waals surface area contributed by atoms with Crippen LogP contribution in [0.5, 0.6) is 0 Å². The van der Waals surface area contributed by atoms with Crippen molar-refractivity contribution in [3.63, 3.8) is 0 Å². The second kappa shape index (κ2) is 18.3. The third-order valence-corrected chi connectivity index (χ3v) is 9.29. The van der Waals surface area contributed by atoms with Gasteiger partial charge in [-0.25, -0.2) is 9.59 Å². The number of hydrogen-bond acceptors (Lipinski definition) is 7. The fraction of sp³-hybridized carbons (Fsp3) is 0.618. The number of aliphatic hydroxyl groups is 2. The minimum atomic E-state index is -1.09. The SMILES string of the molecule is COC(=O)NCCO[C@@H](c1cccc(Cl)c1)[C@@H]1CCCN(C(=O)N[C@@H](CC2CCCCC2)[C@@H](O)[C@@H](O)CCc2ccccn2)C1. The van der Waals surface area contributed by atoms with Crippen LogP contribution in [0.3, 0.4) is 0 Å². The molecule has 0 unspecified atom stereocenters. The highest BCUT2D eigenvalue weighted by Gasteiger charge is 2.35. The molecule has 0 bridgehead atoms. The molecule has 4 N–H and O–H groups in total. The molecular formula is C34H49ClN4O6. The van der Waals surface area contributed by atoms with Gasteiger partial charge in [-0.05, 0) is 67.9 Å². The molecule has 1 saturated heterocycles. The summed E-state index contributed by atoms with van der Waals surface area (Å²) < 4.78 is 10.9. The number of amides is 3. The molecule has 11 heteroatoms. The van der Waals surface area contributed by atoms with Crippen LogP contribution in [0.25, 0.3) is 0 Å². The average Bonchev–Trinajstić information content (AvgIpc) is 3.07. The van der Waals surface area contributed by atoms with Gasteiger partial charge in [-0.2, -0.15) is 0 Å². The number of hydrogen-bond donors (Lipinski definition) is 4. The molecular weight excluding hydrogens is 596 g/mol. The van der Waals surface area contributed by atoms with Gasteiger partial charge in [0.1, 0.15) is 6.10 Å². The smallest absolute Gasteiger partial charge is 0.406 e. The quantitative estimate of drug-likeness (QED) is 0.206. The van der Waals surface area contributed by atoms with Crippen LogP contribution in [0.15, 0.2) is 48.7 Å². The first-order chi connectivity index (χ1) is 21.8. The van der Waals surface area contributed by atoms with E-state index in [1.165, 1.54) is 13.5 Å². The lowest BCUT2D eigenvalue weighted by Crippen LogP contribution is -2.55. The van der Waals surface area contributed by atoms with Crippen LogP contribution in [-0.4, -0.2) is 83.8 Å². The van der Waals surface area contributed by atoms with E-state index in [1.807, 2.05) is 42.5 Å². The number of aliphatic hydroxyl groups excluding tert-OH is 2. The molecule has 2 fully saturated rings. The van der Waals surface area contributed by atoms with E-state index in [0.717, 1.165) is 49.8 Å². The van der Waals surface area contributed by atoms with Gasteiger partial charge in [-0.15, -0.1) is 0 Å². The molecule has 0 spiro atoms. The van der Waals surface area contributed by atoms with Gasteiger partial charge in [-0.1, -0.05) is 61.9 Å². The number of carbonyl (C=O) groups is 2. The van der Waals surface area contributed by atoms with Crippen LogP contribution in [0.4, 0.5) is 9.59 Å². The Labute approximate surface area is 271 Å². The van der Waals surface area contributed by atoms with Crippen molar-refractivity contribution in [1.82, 2.24) is 20.5 Å². The molecule has 2 aliphatic rings. The zero-order valence-electron chi connectivity index (χ0n) is 26.3. The van der Waals surface area contributed by atoms with E-state index in [2.05, 4.69) is 20.4 Å². The molecule has 2 heterocycles. The molecule has 1 aliphatic carbocycles. The van der Waals surface area contributed by atoms with Gasteiger partial charge in [0, 0.05) is 42.5 Å². The molecule has 1 saturated carbocycles. The Morgan fingerprint density at radius 2 is 1.91 bits per heavy atom. The van der Waals surface area contributed by atoms with Crippen molar-refractivity contribution < 1.29 is 29.3 Å². The highest BCUT2D eigenvalue weighted by molar-refractivity contribution is 6.30. The number of aromatic nitrogens is 1. The number of piperidine rings is 1. The molecule has 1 aliphatic heterocycles. The third-order valence-electron chi connectivity index (χ3n) is 9.05. The van der Waals surface area contributed by atoms with Crippen LogP contribution in [-0.2, 0) is 15.9 Å². The second-order valence-corrected chi connectivity index (χ2v) is 12.8. The van der Waals surface area contributed by atoms with Crippen molar-refractivity contribution in [2.75, 3.05) is 33.4 Å². The summed E-state index contributed by atoms with van der Waals surface area (Å²) in [6.07, 6.45) is 7.59. The molecule has 0 radical (unpaired) electrons.